The number of carbonyl (C=O) groups is 1. The van der Waals surface area contributed by atoms with Crippen LogP contribution in [0.4, 0.5) is 0 Å². The van der Waals surface area contributed by atoms with Crippen LogP contribution in [-0.2, 0) is 9.53 Å². The minimum atomic E-state index is -0.0748. The fraction of sp³-hybridized carbons (Fsp3) is 0.727. The lowest BCUT2D eigenvalue weighted by atomic mass is 10.1. The molecule has 74 valence electrons. The Balaban J connectivity index is 2.30. The van der Waals surface area contributed by atoms with Crippen LogP contribution in [0.3, 0.4) is 0 Å². The molecule has 0 aromatic rings. The summed E-state index contributed by atoms with van der Waals surface area (Å²) < 4.78 is 5.08. The normalized spacial score (nSPS) is 25.2. The van der Waals surface area contributed by atoms with Crippen LogP contribution < -0.4 is 0 Å². The van der Waals surface area contributed by atoms with E-state index in [2.05, 4.69) is 13.0 Å². The standard InChI is InChI=1S/C11H18O2/c1-3-4-5-6-7-10-9(2)8-11(12)13-10/h7,9H,3-6,8H2,1-2H3/b10-7+. The lowest BCUT2D eigenvalue weighted by Crippen LogP contribution is -1.89. The zero-order chi connectivity index (χ0) is 9.68. The monoisotopic (exact) mass is 182 g/mol. The van der Waals surface area contributed by atoms with Gasteiger partial charge in [0, 0.05) is 5.92 Å². The molecule has 1 aliphatic rings. The molecule has 1 aliphatic heterocycles. The second-order valence-corrected chi connectivity index (χ2v) is 3.68. The van der Waals surface area contributed by atoms with Crippen molar-refractivity contribution in [2.45, 2.75) is 46.0 Å². The number of unbranched alkanes of at least 4 members (excludes halogenated alkanes) is 3. The fourth-order valence-corrected chi connectivity index (χ4v) is 1.51. The Morgan fingerprint density at radius 1 is 1.54 bits per heavy atom. The SMILES string of the molecule is CCCCC/C=C1/OC(=O)CC1C. The molecule has 2 heteroatoms. The van der Waals surface area contributed by atoms with Crippen LogP contribution in [0.2, 0.25) is 0 Å². The van der Waals surface area contributed by atoms with Gasteiger partial charge in [-0.15, -0.1) is 0 Å². The topological polar surface area (TPSA) is 26.3 Å². The Hall–Kier alpha value is -0.790. The van der Waals surface area contributed by atoms with Gasteiger partial charge < -0.3 is 4.74 Å². The maximum Gasteiger partial charge on any atom is 0.311 e. The number of allylic oxidation sites excluding steroid dienone is 2. The van der Waals surface area contributed by atoms with Crippen molar-refractivity contribution in [3.63, 3.8) is 0 Å². The molecule has 0 aromatic carbocycles. The van der Waals surface area contributed by atoms with Crippen LogP contribution in [0.5, 0.6) is 0 Å². The van der Waals surface area contributed by atoms with E-state index in [9.17, 15) is 4.79 Å². The Bertz CT molecular complexity index is 206. The van der Waals surface area contributed by atoms with Crippen molar-refractivity contribution >= 4 is 5.97 Å². The van der Waals surface area contributed by atoms with Gasteiger partial charge in [0.25, 0.3) is 0 Å². The molecular formula is C11H18O2. The van der Waals surface area contributed by atoms with E-state index in [0.29, 0.717) is 12.3 Å². The first-order valence-electron chi connectivity index (χ1n) is 5.14. The molecular weight excluding hydrogens is 164 g/mol. The largest absolute Gasteiger partial charge is 0.431 e. The van der Waals surface area contributed by atoms with Crippen molar-refractivity contribution in [2.24, 2.45) is 5.92 Å². The molecule has 0 N–H and O–H groups in total. The Kier molecular flexibility index (Phi) is 4.00. The molecule has 0 bridgehead atoms. The van der Waals surface area contributed by atoms with Crippen molar-refractivity contribution < 1.29 is 9.53 Å². The summed E-state index contributed by atoms with van der Waals surface area (Å²) in [5.41, 5.74) is 0. The van der Waals surface area contributed by atoms with Gasteiger partial charge in [-0.25, -0.2) is 0 Å². The highest BCUT2D eigenvalue weighted by Gasteiger charge is 2.24. The predicted octanol–water partition coefficient (Wildman–Crippen LogP) is 3.03. The van der Waals surface area contributed by atoms with Crippen molar-refractivity contribution in [1.82, 2.24) is 0 Å². The molecule has 0 aromatic heterocycles. The van der Waals surface area contributed by atoms with Gasteiger partial charge in [0.2, 0.25) is 0 Å². The Morgan fingerprint density at radius 3 is 2.85 bits per heavy atom. The van der Waals surface area contributed by atoms with Gasteiger partial charge in [0.1, 0.15) is 5.76 Å². The second-order valence-electron chi connectivity index (χ2n) is 3.68. The van der Waals surface area contributed by atoms with Gasteiger partial charge in [-0.3, -0.25) is 4.79 Å². The molecule has 13 heavy (non-hydrogen) atoms. The van der Waals surface area contributed by atoms with Crippen molar-refractivity contribution in [2.75, 3.05) is 0 Å². The third-order valence-electron chi connectivity index (χ3n) is 2.34. The van der Waals surface area contributed by atoms with Gasteiger partial charge in [0.15, 0.2) is 0 Å². The molecule has 1 saturated heterocycles. The third kappa shape index (κ3) is 3.21. The minimum Gasteiger partial charge on any atom is -0.431 e. The van der Waals surface area contributed by atoms with Gasteiger partial charge in [-0.1, -0.05) is 26.7 Å². The van der Waals surface area contributed by atoms with E-state index in [1.54, 1.807) is 0 Å². The second kappa shape index (κ2) is 5.05. The van der Waals surface area contributed by atoms with E-state index in [-0.39, 0.29) is 5.97 Å². The third-order valence-corrected chi connectivity index (χ3v) is 2.34. The molecule has 1 unspecified atom stereocenters. The average Bonchev–Trinajstić information content (AvgIpc) is 2.39. The zero-order valence-electron chi connectivity index (χ0n) is 8.51. The molecule has 0 radical (unpaired) electrons. The number of carbonyl (C=O) groups excluding carboxylic acids is 1. The summed E-state index contributed by atoms with van der Waals surface area (Å²) in [6, 6.07) is 0. The molecule has 0 saturated carbocycles. The first kappa shape index (κ1) is 10.3. The number of ether oxygens (including phenoxy) is 1. The van der Waals surface area contributed by atoms with Crippen LogP contribution in [0.1, 0.15) is 46.0 Å². The highest BCUT2D eigenvalue weighted by molar-refractivity contribution is 5.74. The van der Waals surface area contributed by atoms with E-state index >= 15 is 0 Å². The Labute approximate surface area is 80.0 Å². The van der Waals surface area contributed by atoms with Crippen molar-refractivity contribution in [1.29, 1.82) is 0 Å². The van der Waals surface area contributed by atoms with Gasteiger partial charge in [-0.05, 0) is 18.9 Å². The van der Waals surface area contributed by atoms with E-state index in [4.69, 9.17) is 4.74 Å². The maximum atomic E-state index is 10.9. The molecule has 1 heterocycles. The molecule has 0 amide bonds. The van der Waals surface area contributed by atoms with Crippen molar-refractivity contribution in [3.05, 3.63) is 11.8 Å². The number of hydrogen-bond donors (Lipinski definition) is 0. The number of cyclic esters (lactones) is 1. The zero-order valence-corrected chi connectivity index (χ0v) is 8.51. The van der Waals surface area contributed by atoms with Crippen LogP contribution in [-0.4, -0.2) is 5.97 Å². The van der Waals surface area contributed by atoms with Crippen LogP contribution in [0, 0.1) is 5.92 Å². The summed E-state index contributed by atoms with van der Waals surface area (Å²) in [6.45, 7) is 4.22. The molecule has 2 nitrogen and oxygen atoms in total. The van der Waals surface area contributed by atoms with Crippen molar-refractivity contribution in [3.8, 4) is 0 Å². The number of esters is 1. The summed E-state index contributed by atoms with van der Waals surface area (Å²) in [6.07, 6.45) is 7.36. The highest BCUT2D eigenvalue weighted by atomic mass is 16.5. The lowest BCUT2D eigenvalue weighted by Gasteiger charge is -2.01. The van der Waals surface area contributed by atoms with Crippen LogP contribution in [0.15, 0.2) is 11.8 Å². The van der Waals surface area contributed by atoms with Crippen LogP contribution >= 0.6 is 0 Å². The summed E-state index contributed by atoms with van der Waals surface area (Å²) in [5, 5.41) is 0. The van der Waals surface area contributed by atoms with Gasteiger partial charge >= 0.3 is 5.97 Å². The summed E-state index contributed by atoms with van der Waals surface area (Å²) in [4.78, 5) is 10.9. The predicted molar refractivity (Wildman–Crippen MR) is 52.1 cm³/mol. The van der Waals surface area contributed by atoms with Crippen LogP contribution in [0.25, 0.3) is 0 Å². The van der Waals surface area contributed by atoms with E-state index in [1.807, 2.05) is 6.92 Å². The number of hydrogen-bond acceptors (Lipinski definition) is 2. The Morgan fingerprint density at radius 2 is 2.31 bits per heavy atom. The maximum absolute atomic E-state index is 10.9. The molecule has 1 rings (SSSR count). The van der Waals surface area contributed by atoms with E-state index in [0.717, 1.165) is 12.2 Å². The summed E-state index contributed by atoms with van der Waals surface area (Å²) >= 11 is 0. The number of rotatable bonds is 4. The summed E-state index contributed by atoms with van der Waals surface area (Å²) in [5.74, 6) is 1.12. The highest BCUT2D eigenvalue weighted by Crippen LogP contribution is 2.25. The quantitative estimate of drug-likeness (QED) is 0.493. The minimum absolute atomic E-state index is 0.0748. The van der Waals surface area contributed by atoms with Gasteiger partial charge in [0.05, 0.1) is 6.42 Å². The van der Waals surface area contributed by atoms with E-state index < -0.39 is 0 Å². The first-order valence-corrected chi connectivity index (χ1v) is 5.14. The molecule has 1 fully saturated rings. The fourth-order valence-electron chi connectivity index (χ4n) is 1.51. The summed E-state index contributed by atoms with van der Waals surface area (Å²) in [7, 11) is 0. The average molecular weight is 182 g/mol. The van der Waals surface area contributed by atoms with E-state index in [1.165, 1.54) is 19.3 Å². The molecule has 0 aliphatic carbocycles. The molecule has 0 spiro atoms. The molecule has 1 atom stereocenters. The van der Waals surface area contributed by atoms with Gasteiger partial charge in [-0.2, -0.15) is 0 Å². The smallest absolute Gasteiger partial charge is 0.311 e. The first-order chi connectivity index (χ1) is 6.24. The lowest BCUT2D eigenvalue weighted by molar-refractivity contribution is -0.135.